The summed E-state index contributed by atoms with van der Waals surface area (Å²) >= 11 is 0. The van der Waals surface area contributed by atoms with Crippen molar-refractivity contribution in [2.24, 2.45) is 0 Å². The number of benzene rings is 3. The summed E-state index contributed by atoms with van der Waals surface area (Å²) in [6, 6.07) is 24.8. The van der Waals surface area contributed by atoms with Crippen molar-refractivity contribution in [1.82, 2.24) is 0 Å². The Kier molecular flexibility index (Phi) is 5.25. The van der Waals surface area contributed by atoms with Crippen LogP contribution in [-0.2, 0) is 18.0 Å². The smallest absolute Gasteiger partial charge is 0.237 e. The van der Waals surface area contributed by atoms with E-state index in [1.807, 2.05) is 66.9 Å². The quantitative estimate of drug-likeness (QED) is 0.651. The zero-order valence-corrected chi connectivity index (χ0v) is 13.1. The minimum absolute atomic E-state index is 0.358. The van der Waals surface area contributed by atoms with Crippen molar-refractivity contribution in [3.8, 4) is 11.5 Å². The van der Waals surface area contributed by atoms with Gasteiger partial charge in [-0.25, -0.2) is 0 Å². The van der Waals surface area contributed by atoms with Crippen LogP contribution in [0.2, 0.25) is 0 Å². The minimum atomic E-state index is 0.358. The molecule has 0 atom stereocenters. The van der Waals surface area contributed by atoms with Crippen LogP contribution < -0.4 is 9.47 Å². The standard InChI is InChI=1S/C21H17O3/c22-14-19-13-20(23-15-17-7-3-1-4-8-17)11-12-21(19)24-16-18-9-5-2-6-10-18/h1-13H,15-16H2. The second-order valence-corrected chi connectivity index (χ2v) is 5.31. The molecule has 3 aromatic rings. The molecule has 0 amide bonds. The van der Waals surface area contributed by atoms with Crippen LogP contribution in [0.15, 0.2) is 78.9 Å². The summed E-state index contributed by atoms with van der Waals surface area (Å²) in [6.07, 6.45) is 1.92. The van der Waals surface area contributed by atoms with Crippen LogP contribution >= 0.6 is 0 Å². The molecule has 0 fully saturated rings. The van der Waals surface area contributed by atoms with E-state index >= 15 is 0 Å². The molecular weight excluding hydrogens is 300 g/mol. The van der Waals surface area contributed by atoms with E-state index in [9.17, 15) is 4.79 Å². The topological polar surface area (TPSA) is 35.5 Å². The van der Waals surface area contributed by atoms with Crippen molar-refractivity contribution in [2.45, 2.75) is 13.2 Å². The molecule has 0 heterocycles. The number of carbonyl (C=O) groups excluding carboxylic acids is 1. The first-order chi connectivity index (χ1) is 11.8. The Bertz CT molecular complexity index is 783. The molecule has 3 heteroatoms. The Morgan fingerprint density at radius 2 is 1.29 bits per heavy atom. The van der Waals surface area contributed by atoms with Crippen molar-refractivity contribution in [3.05, 3.63) is 95.6 Å². The molecule has 3 nitrogen and oxygen atoms in total. The molecule has 119 valence electrons. The molecule has 0 N–H and O–H groups in total. The first-order valence-electron chi connectivity index (χ1n) is 7.71. The highest BCUT2D eigenvalue weighted by atomic mass is 16.5. The molecule has 0 saturated carbocycles. The monoisotopic (exact) mass is 317 g/mol. The molecule has 0 bridgehead atoms. The summed E-state index contributed by atoms with van der Waals surface area (Å²) in [4.78, 5) is 11.2. The van der Waals surface area contributed by atoms with Gasteiger partial charge in [0.2, 0.25) is 6.29 Å². The van der Waals surface area contributed by atoms with E-state index in [0.717, 1.165) is 11.1 Å². The van der Waals surface area contributed by atoms with Gasteiger partial charge in [-0.1, -0.05) is 60.7 Å². The average Bonchev–Trinajstić information content (AvgIpc) is 2.66. The summed E-state index contributed by atoms with van der Waals surface area (Å²) < 4.78 is 11.4. The van der Waals surface area contributed by atoms with Crippen molar-refractivity contribution in [3.63, 3.8) is 0 Å². The summed E-state index contributed by atoms with van der Waals surface area (Å²) in [5.41, 5.74) is 2.47. The van der Waals surface area contributed by atoms with Crippen molar-refractivity contribution in [1.29, 1.82) is 0 Å². The average molecular weight is 317 g/mol. The van der Waals surface area contributed by atoms with Crippen molar-refractivity contribution in [2.75, 3.05) is 0 Å². The fraction of sp³-hybridized carbons (Fsp3) is 0.0952. The van der Waals surface area contributed by atoms with Crippen molar-refractivity contribution >= 4 is 6.29 Å². The van der Waals surface area contributed by atoms with Crippen LogP contribution in [0.5, 0.6) is 11.5 Å². The van der Waals surface area contributed by atoms with E-state index in [4.69, 9.17) is 9.47 Å². The highest BCUT2D eigenvalue weighted by Gasteiger charge is 2.07. The fourth-order valence-electron chi connectivity index (χ4n) is 2.28. The lowest BCUT2D eigenvalue weighted by Crippen LogP contribution is -2.00. The predicted molar refractivity (Wildman–Crippen MR) is 92.8 cm³/mol. The molecule has 1 radical (unpaired) electrons. The molecule has 3 rings (SSSR count). The summed E-state index contributed by atoms with van der Waals surface area (Å²) in [5.74, 6) is 1.12. The minimum Gasteiger partial charge on any atom is -0.489 e. The number of rotatable bonds is 7. The van der Waals surface area contributed by atoms with Gasteiger partial charge in [0.05, 0.1) is 5.56 Å². The van der Waals surface area contributed by atoms with Crippen LogP contribution in [-0.4, -0.2) is 6.29 Å². The van der Waals surface area contributed by atoms with Gasteiger partial charge in [-0.3, -0.25) is 4.79 Å². The lowest BCUT2D eigenvalue weighted by atomic mass is 10.2. The lowest BCUT2D eigenvalue weighted by Gasteiger charge is -2.11. The normalized spacial score (nSPS) is 10.2. The van der Waals surface area contributed by atoms with E-state index < -0.39 is 0 Å². The predicted octanol–water partition coefficient (Wildman–Crippen LogP) is 4.30. The first kappa shape index (κ1) is 15.8. The first-order valence-corrected chi connectivity index (χ1v) is 7.71. The van der Waals surface area contributed by atoms with Gasteiger partial charge < -0.3 is 9.47 Å². The maximum absolute atomic E-state index is 11.2. The van der Waals surface area contributed by atoms with Gasteiger partial charge in [-0.15, -0.1) is 0 Å². The van der Waals surface area contributed by atoms with E-state index in [0.29, 0.717) is 30.3 Å². The van der Waals surface area contributed by atoms with Crippen LogP contribution in [0.4, 0.5) is 0 Å². The van der Waals surface area contributed by atoms with Gasteiger partial charge in [-0.05, 0) is 29.3 Å². The molecule has 0 spiro atoms. The van der Waals surface area contributed by atoms with Gasteiger partial charge in [0, 0.05) is 0 Å². The van der Waals surface area contributed by atoms with Gasteiger partial charge >= 0.3 is 0 Å². The van der Waals surface area contributed by atoms with Gasteiger partial charge in [0.1, 0.15) is 24.7 Å². The maximum Gasteiger partial charge on any atom is 0.237 e. The second kappa shape index (κ2) is 7.97. The summed E-state index contributed by atoms with van der Waals surface area (Å²) in [5, 5.41) is 0. The number of hydrogen-bond acceptors (Lipinski definition) is 3. The largest absolute Gasteiger partial charge is 0.489 e. The molecular formula is C21H17O3. The third-order valence-corrected chi connectivity index (χ3v) is 3.55. The van der Waals surface area contributed by atoms with Crippen LogP contribution in [0.3, 0.4) is 0 Å². The zero-order valence-electron chi connectivity index (χ0n) is 13.1. The molecule has 0 aliphatic rings. The summed E-state index contributed by atoms with van der Waals surface area (Å²) in [7, 11) is 0. The van der Waals surface area contributed by atoms with Gasteiger partial charge in [0.25, 0.3) is 0 Å². The lowest BCUT2D eigenvalue weighted by molar-refractivity contribution is 0.296. The molecule has 0 unspecified atom stereocenters. The number of hydrogen-bond donors (Lipinski definition) is 0. The Labute approximate surface area is 141 Å². The van der Waals surface area contributed by atoms with Crippen molar-refractivity contribution < 1.29 is 14.3 Å². The summed E-state index contributed by atoms with van der Waals surface area (Å²) in [6.45, 7) is 0.850. The molecule has 24 heavy (non-hydrogen) atoms. The highest BCUT2D eigenvalue weighted by Crippen LogP contribution is 2.24. The number of ether oxygens (including phenoxy) is 2. The van der Waals surface area contributed by atoms with E-state index in [1.54, 1.807) is 18.2 Å². The molecule has 0 aliphatic heterocycles. The highest BCUT2D eigenvalue weighted by molar-refractivity contribution is 5.80. The fourth-order valence-corrected chi connectivity index (χ4v) is 2.28. The Morgan fingerprint density at radius 3 is 1.88 bits per heavy atom. The zero-order chi connectivity index (χ0) is 16.6. The van der Waals surface area contributed by atoms with E-state index in [-0.39, 0.29) is 0 Å². The van der Waals surface area contributed by atoms with E-state index in [2.05, 4.69) is 0 Å². The molecule has 0 aliphatic carbocycles. The maximum atomic E-state index is 11.2. The Hall–Kier alpha value is -3.07. The van der Waals surface area contributed by atoms with Gasteiger partial charge in [0.15, 0.2) is 0 Å². The van der Waals surface area contributed by atoms with Gasteiger partial charge in [-0.2, -0.15) is 0 Å². The van der Waals surface area contributed by atoms with Crippen LogP contribution in [0.1, 0.15) is 16.7 Å². The third kappa shape index (κ3) is 4.23. The Balaban J connectivity index is 1.65. The molecule has 0 aromatic heterocycles. The van der Waals surface area contributed by atoms with Crippen LogP contribution in [0, 0.1) is 0 Å². The van der Waals surface area contributed by atoms with E-state index in [1.165, 1.54) is 0 Å². The van der Waals surface area contributed by atoms with Crippen LogP contribution in [0.25, 0.3) is 0 Å². The third-order valence-electron chi connectivity index (χ3n) is 3.55. The Morgan fingerprint density at radius 1 is 0.708 bits per heavy atom. The molecule has 3 aromatic carbocycles. The molecule has 0 saturated heterocycles. The second-order valence-electron chi connectivity index (χ2n) is 5.31. The SMILES string of the molecule is O=[C]c1cc(OCc2ccccc2)ccc1OCc1ccccc1.